The third kappa shape index (κ3) is 8.79. The van der Waals surface area contributed by atoms with Crippen LogP contribution < -0.4 is 5.73 Å². The lowest BCUT2D eigenvalue weighted by molar-refractivity contribution is 0.0452. The molecule has 0 spiro atoms. The maximum atomic E-state index is 12.9. The van der Waals surface area contributed by atoms with Crippen LogP contribution in [0.15, 0.2) is 60.7 Å². The second-order valence-electron chi connectivity index (χ2n) is 8.66. The number of nitrogens with two attached hydrogens (primary N) is 1. The van der Waals surface area contributed by atoms with E-state index in [1.807, 2.05) is 74.5 Å². The monoisotopic (exact) mass is 423 g/mol. The van der Waals surface area contributed by atoms with Crippen LogP contribution in [0.5, 0.6) is 0 Å². The number of nitrogens with zero attached hydrogens (tertiary/aromatic N) is 2. The van der Waals surface area contributed by atoms with E-state index in [-0.39, 0.29) is 18.6 Å². The van der Waals surface area contributed by atoms with Gasteiger partial charge in [0, 0.05) is 19.0 Å². The number of aliphatic hydroxyl groups excluding tert-OH is 1. The number of hydrogen-bond donors (Lipinski definition) is 2. The normalized spacial score (nSPS) is 13.1. The molecule has 0 aromatic heterocycles. The van der Waals surface area contributed by atoms with Gasteiger partial charge >= 0.3 is 6.09 Å². The molecule has 0 aliphatic heterocycles. The molecule has 0 saturated heterocycles. The zero-order chi connectivity index (χ0) is 22.7. The molecule has 1 unspecified atom stereocenters. The van der Waals surface area contributed by atoms with Gasteiger partial charge in [-0.05, 0) is 29.4 Å². The van der Waals surface area contributed by atoms with Crippen molar-refractivity contribution in [3.63, 3.8) is 0 Å². The Morgan fingerprint density at radius 1 is 1.13 bits per heavy atom. The van der Waals surface area contributed by atoms with Gasteiger partial charge in [-0.2, -0.15) is 5.26 Å². The van der Waals surface area contributed by atoms with Crippen LogP contribution in [0.1, 0.15) is 37.8 Å². The van der Waals surface area contributed by atoms with Crippen LogP contribution in [0.25, 0.3) is 0 Å². The number of nitriles is 1. The highest BCUT2D eigenvalue weighted by molar-refractivity contribution is 5.67. The second kappa shape index (κ2) is 12.1. The van der Waals surface area contributed by atoms with E-state index >= 15 is 0 Å². The number of hydrogen-bond acceptors (Lipinski definition) is 5. The van der Waals surface area contributed by atoms with Gasteiger partial charge in [0.15, 0.2) is 0 Å². The fraction of sp³-hybridized carbons (Fsp3) is 0.440. The molecule has 166 valence electrons. The van der Waals surface area contributed by atoms with Crippen molar-refractivity contribution in [3.05, 3.63) is 71.8 Å². The molecule has 2 rings (SSSR count). The molecule has 6 heteroatoms. The van der Waals surface area contributed by atoms with Crippen molar-refractivity contribution in [2.24, 2.45) is 11.1 Å². The first-order valence-corrected chi connectivity index (χ1v) is 10.6. The van der Waals surface area contributed by atoms with E-state index in [2.05, 4.69) is 6.07 Å². The second-order valence-corrected chi connectivity index (χ2v) is 8.66. The molecule has 3 N–H and O–H groups in total. The number of benzene rings is 2. The Hall–Kier alpha value is -2.88. The fourth-order valence-corrected chi connectivity index (χ4v) is 3.39. The van der Waals surface area contributed by atoms with Gasteiger partial charge in [0.25, 0.3) is 0 Å². The Balaban J connectivity index is 2.04. The molecule has 31 heavy (non-hydrogen) atoms. The van der Waals surface area contributed by atoms with E-state index in [1.165, 1.54) is 4.90 Å². The Morgan fingerprint density at radius 3 is 2.29 bits per heavy atom. The summed E-state index contributed by atoms with van der Waals surface area (Å²) in [5.74, 6) is 0. The Morgan fingerprint density at radius 2 is 1.71 bits per heavy atom. The van der Waals surface area contributed by atoms with Crippen LogP contribution in [0.4, 0.5) is 4.79 Å². The molecule has 2 aromatic rings. The van der Waals surface area contributed by atoms with Crippen molar-refractivity contribution in [3.8, 4) is 6.07 Å². The Kier molecular flexibility index (Phi) is 9.51. The SMILES string of the molecule is CC(C)(CCC#N)CN(C[C@@H](O)C(N)Cc1ccccc1)C(=O)OCc1ccccc1. The lowest BCUT2D eigenvalue weighted by Gasteiger charge is -2.34. The van der Waals surface area contributed by atoms with Crippen molar-refractivity contribution in [2.45, 2.75) is 51.9 Å². The van der Waals surface area contributed by atoms with E-state index in [4.69, 9.17) is 15.7 Å². The molecule has 0 fully saturated rings. The first kappa shape index (κ1) is 24.4. The minimum absolute atomic E-state index is 0.0671. The van der Waals surface area contributed by atoms with Gasteiger partial charge in [-0.15, -0.1) is 0 Å². The van der Waals surface area contributed by atoms with Crippen LogP contribution in [-0.4, -0.2) is 41.3 Å². The van der Waals surface area contributed by atoms with E-state index in [0.717, 1.165) is 11.1 Å². The molecule has 0 aliphatic rings. The van der Waals surface area contributed by atoms with Gasteiger partial charge in [0.05, 0.1) is 18.7 Å². The fourth-order valence-electron chi connectivity index (χ4n) is 3.39. The van der Waals surface area contributed by atoms with E-state index in [1.54, 1.807) is 0 Å². The summed E-state index contributed by atoms with van der Waals surface area (Å²) in [6.07, 6.45) is 0.136. The lowest BCUT2D eigenvalue weighted by atomic mass is 9.87. The summed E-state index contributed by atoms with van der Waals surface area (Å²) in [5.41, 5.74) is 7.85. The van der Waals surface area contributed by atoms with Crippen molar-refractivity contribution in [1.82, 2.24) is 4.90 Å². The quantitative estimate of drug-likeness (QED) is 0.571. The highest BCUT2D eigenvalue weighted by atomic mass is 16.6. The maximum Gasteiger partial charge on any atom is 0.410 e. The lowest BCUT2D eigenvalue weighted by Crippen LogP contribution is -2.49. The summed E-state index contributed by atoms with van der Waals surface area (Å²) in [4.78, 5) is 14.4. The number of ether oxygens (including phenoxy) is 1. The Bertz CT molecular complexity index is 834. The van der Waals surface area contributed by atoms with Crippen molar-refractivity contribution >= 4 is 6.09 Å². The summed E-state index contributed by atoms with van der Waals surface area (Å²) in [6, 6.07) is 20.8. The summed E-state index contributed by atoms with van der Waals surface area (Å²) in [7, 11) is 0. The van der Waals surface area contributed by atoms with Gasteiger partial charge in [0.2, 0.25) is 0 Å². The standard InChI is InChI=1S/C25H33N3O3/c1-25(2,14-9-15-26)19-28(24(30)31-18-21-12-7-4-8-13-21)17-23(29)22(27)16-20-10-5-3-6-11-20/h3-8,10-13,22-23,29H,9,14,16-19,27H2,1-2H3/t22?,23-/m1/s1. The molecule has 0 aliphatic carbocycles. The van der Waals surface area contributed by atoms with Crippen LogP contribution >= 0.6 is 0 Å². The molecule has 1 amide bonds. The first-order valence-electron chi connectivity index (χ1n) is 10.6. The predicted molar refractivity (Wildman–Crippen MR) is 121 cm³/mol. The Labute approximate surface area is 185 Å². The average molecular weight is 424 g/mol. The molecular weight excluding hydrogens is 390 g/mol. The van der Waals surface area contributed by atoms with Crippen molar-refractivity contribution in [2.75, 3.05) is 13.1 Å². The summed E-state index contributed by atoms with van der Waals surface area (Å²) < 4.78 is 5.51. The van der Waals surface area contributed by atoms with Crippen LogP contribution in [0, 0.1) is 16.7 Å². The molecular formula is C25H33N3O3. The number of carbonyl (C=O) groups is 1. The molecule has 2 aromatic carbocycles. The van der Waals surface area contributed by atoms with E-state index in [9.17, 15) is 9.90 Å². The molecule has 0 bridgehead atoms. The van der Waals surface area contributed by atoms with Crippen molar-refractivity contribution in [1.29, 1.82) is 5.26 Å². The van der Waals surface area contributed by atoms with Crippen LogP contribution in [0.2, 0.25) is 0 Å². The average Bonchev–Trinajstić information content (AvgIpc) is 2.76. The number of amides is 1. The smallest absolute Gasteiger partial charge is 0.410 e. The molecule has 0 heterocycles. The van der Waals surface area contributed by atoms with Gasteiger partial charge in [0.1, 0.15) is 6.61 Å². The minimum Gasteiger partial charge on any atom is -0.445 e. The molecule has 0 radical (unpaired) electrons. The van der Waals surface area contributed by atoms with E-state index in [0.29, 0.717) is 25.8 Å². The summed E-state index contributed by atoms with van der Waals surface area (Å²) >= 11 is 0. The molecule has 6 nitrogen and oxygen atoms in total. The van der Waals surface area contributed by atoms with Crippen LogP contribution in [-0.2, 0) is 17.8 Å². The first-order chi connectivity index (χ1) is 14.8. The number of aliphatic hydroxyl groups is 1. The summed E-state index contributed by atoms with van der Waals surface area (Å²) in [6.45, 7) is 4.58. The highest BCUT2D eigenvalue weighted by Crippen LogP contribution is 2.24. The summed E-state index contributed by atoms with van der Waals surface area (Å²) in [5, 5.41) is 19.7. The zero-order valence-corrected chi connectivity index (χ0v) is 18.4. The minimum atomic E-state index is -0.906. The third-order valence-electron chi connectivity index (χ3n) is 5.21. The highest BCUT2D eigenvalue weighted by Gasteiger charge is 2.29. The number of carbonyl (C=O) groups excluding carboxylic acids is 1. The van der Waals surface area contributed by atoms with Gasteiger partial charge in [-0.1, -0.05) is 74.5 Å². The van der Waals surface area contributed by atoms with Gasteiger partial charge in [-0.25, -0.2) is 4.79 Å². The number of rotatable bonds is 11. The van der Waals surface area contributed by atoms with E-state index < -0.39 is 18.2 Å². The van der Waals surface area contributed by atoms with Gasteiger partial charge < -0.3 is 20.5 Å². The van der Waals surface area contributed by atoms with Gasteiger partial charge in [-0.3, -0.25) is 0 Å². The van der Waals surface area contributed by atoms with Crippen LogP contribution in [0.3, 0.4) is 0 Å². The topological polar surface area (TPSA) is 99.6 Å². The molecule has 2 atom stereocenters. The maximum absolute atomic E-state index is 12.9. The predicted octanol–water partition coefficient (Wildman–Crippen LogP) is 3.89. The van der Waals surface area contributed by atoms with Crippen molar-refractivity contribution < 1.29 is 14.6 Å². The zero-order valence-electron chi connectivity index (χ0n) is 18.4. The largest absolute Gasteiger partial charge is 0.445 e. The molecule has 0 saturated carbocycles. The third-order valence-corrected chi connectivity index (χ3v) is 5.21.